The van der Waals surface area contributed by atoms with E-state index in [1.54, 1.807) is 23.5 Å². The molecule has 1 N–H and O–H groups in total. The van der Waals surface area contributed by atoms with Crippen molar-refractivity contribution in [1.82, 2.24) is 4.90 Å². The average molecular weight is 321 g/mol. The highest BCUT2D eigenvalue weighted by atomic mass is 35.5. The minimum Gasteiger partial charge on any atom is -0.360 e. The van der Waals surface area contributed by atoms with Crippen molar-refractivity contribution in [2.24, 2.45) is 0 Å². The van der Waals surface area contributed by atoms with Crippen molar-refractivity contribution in [2.45, 2.75) is 26.4 Å². The lowest BCUT2D eigenvalue weighted by atomic mass is 10.1. The normalized spacial score (nSPS) is 17.6. The van der Waals surface area contributed by atoms with Gasteiger partial charge in [-0.05, 0) is 43.7 Å². The molecule has 1 aromatic carbocycles. The van der Waals surface area contributed by atoms with Crippen molar-refractivity contribution in [3.05, 3.63) is 50.7 Å². The molecule has 1 unspecified atom stereocenters. The van der Waals surface area contributed by atoms with Gasteiger partial charge in [-0.3, -0.25) is 4.79 Å². The van der Waals surface area contributed by atoms with Crippen LogP contribution in [0.25, 0.3) is 0 Å². The summed E-state index contributed by atoms with van der Waals surface area (Å²) in [5.74, 6) is 0.0679. The van der Waals surface area contributed by atoms with Gasteiger partial charge in [0, 0.05) is 21.3 Å². The van der Waals surface area contributed by atoms with Crippen LogP contribution in [0.1, 0.15) is 39.6 Å². The molecule has 1 atom stereocenters. The van der Waals surface area contributed by atoms with E-state index in [0.29, 0.717) is 10.6 Å². The van der Waals surface area contributed by atoms with Crippen molar-refractivity contribution in [1.29, 1.82) is 0 Å². The van der Waals surface area contributed by atoms with E-state index in [-0.39, 0.29) is 12.1 Å². The minimum absolute atomic E-state index is 0.0679. The van der Waals surface area contributed by atoms with Crippen LogP contribution >= 0.6 is 22.9 Å². The lowest BCUT2D eigenvalue weighted by Gasteiger charge is -2.37. The fourth-order valence-corrected chi connectivity index (χ4v) is 3.73. The zero-order chi connectivity index (χ0) is 15.0. The highest BCUT2D eigenvalue weighted by Crippen LogP contribution is 2.36. The lowest BCUT2D eigenvalue weighted by molar-refractivity contribution is 0.0686. The molecule has 0 bridgehead atoms. The molecule has 0 saturated heterocycles. The number of carbonyl (C=O) groups is 1. The zero-order valence-electron chi connectivity index (χ0n) is 12.0. The molecule has 3 nitrogen and oxygen atoms in total. The van der Waals surface area contributed by atoms with E-state index in [1.807, 2.05) is 11.0 Å². The third-order valence-corrected chi connectivity index (χ3v) is 4.86. The number of aryl methyl sites for hydroxylation is 1. The Morgan fingerprint density at radius 2 is 2.14 bits per heavy atom. The smallest absolute Gasteiger partial charge is 0.257 e. The Labute approximate surface area is 133 Å². The highest BCUT2D eigenvalue weighted by Gasteiger charge is 2.33. The van der Waals surface area contributed by atoms with Crippen LogP contribution in [-0.4, -0.2) is 17.4 Å². The summed E-state index contributed by atoms with van der Waals surface area (Å²) in [4.78, 5) is 17.1. The number of rotatable bonds is 3. The van der Waals surface area contributed by atoms with Crippen LogP contribution in [0.4, 0.5) is 5.69 Å². The van der Waals surface area contributed by atoms with Crippen LogP contribution in [-0.2, 0) is 0 Å². The maximum Gasteiger partial charge on any atom is 0.257 e. The van der Waals surface area contributed by atoms with Crippen molar-refractivity contribution in [3.63, 3.8) is 0 Å². The number of hydrogen-bond donors (Lipinski definition) is 1. The topological polar surface area (TPSA) is 32.3 Å². The van der Waals surface area contributed by atoms with E-state index in [9.17, 15) is 4.79 Å². The first-order valence-corrected chi connectivity index (χ1v) is 8.23. The number of thiophene rings is 1. The Morgan fingerprint density at radius 3 is 2.81 bits per heavy atom. The predicted molar refractivity (Wildman–Crippen MR) is 88.2 cm³/mol. The van der Waals surface area contributed by atoms with Crippen LogP contribution in [0, 0.1) is 6.92 Å². The molecule has 1 aliphatic heterocycles. The zero-order valence-corrected chi connectivity index (χ0v) is 13.6. The van der Waals surface area contributed by atoms with E-state index in [2.05, 4.69) is 31.3 Å². The van der Waals surface area contributed by atoms with Gasteiger partial charge in [-0.25, -0.2) is 0 Å². The van der Waals surface area contributed by atoms with Crippen molar-refractivity contribution in [2.75, 3.05) is 11.9 Å². The second kappa shape index (κ2) is 5.70. The van der Waals surface area contributed by atoms with Crippen molar-refractivity contribution >= 4 is 34.5 Å². The summed E-state index contributed by atoms with van der Waals surface area (Å²) in [6.07, 6.45) is 0.819. The van der Waals surface area contributed by atoms with E-state index < -0.39 is 0 Å². The third-order valence-electron chi connectivity index (χ3n) is 3.57. The van der Waals surface area contributed by atoms with E-state index >= 15 is 0 Å². The molecule has 5 heteroatoms. The lowest BCUT2D eigenvalue weighted by Crippen LogP contribution is -2.43. The number of halogens is 1. The number of benzene rings is 1. The van der Waals surface area contributed by atoms with Gasteiger partial charge in [0.05, 0.1) is 11.3 Å². The molecule has 1 aromatic heterocycles. The molecule has 3 rings (SSSR count). The standard InChI is InChI=1S/C16H17ClN2OS/c1-3-8-19-15(14-7-4-10(2)21-14)18-13-9-11(17)5-6-12(13)16(19)20/h4-7,9,15,18H,3,8H2,1-2H3. The fraction of sp³-hybridized carbons (Fsp3) is 0.312. The SMILES string of the molecule is CCCN1C(=O)c2ccc(Cl)cc2NC1c1ccc(C)s1. The van der Waals surface area contributed by atoms with E-state index in [4.69, 9.17) is 11.6 Å². The molecule has 2 aromatic rings. The highest BCUT2D eigenvalue weighted by molar-refractivity contribution is 7.12. The molecule has 1 amide bonds. The number of nitrogens with one attached hydrogen (secondary N) is 1. The molecule has 0 saturated carbocycles. The van der Waals surface area contributed by atoms with Gasteiger partial charge < -0.3 is 10.2 Å². The molecule has 0 aliphatic carbocycles. The summed E-state index contributed by atoms with van der Waals surface area (Å²) < 4.78 is 0. The summed E-state index contributed by atoms with van der Waals surface area (Å²) in [7, 11) is 0. The molecule has 0 spiro atoms. The third kappa shape index (κ3) is 2.65. The van der Waals surface area contributed by atoms with Gasteiger partial charge in [-0.1, -0.05) is 18.5 Å². The molecule has 1 aliphatic rings. The molecule has 2 heterocycles. The minimum atomic E-state index is -0.109. The molecule has 110 valence electrons. The Morgan fingerprint density at radius 1 is 1.33 bits per heavy atom. The van der Waals surface area contributed by atoms with Crippen molar-refractivity contribution in [3.8, 4) is 0 Å². The van der Waals surface area contributed by atoms with Gasteiger partial charge in [-0.15, -0.1) is 11.3 Å². The summed E-state index contributed by atoms with van der Waals surface area (Å²) in [5, 5.41) is 4.10. The summed E-state index contributed by atoms with van der Waals surface area (Å²) in [6.45, 7) is 4.89. The van der Waals surface area contributed by atoms with E-state index in [0.717, 1.165) is 23.5 Å². The van der Waals surface area contributed by atoms with Crippen LogP contribution in [0.5, 0.6) is 0 Å². The second-order valence-corrected chi connectivity index (χ2v) is 6.94. The van der Waals surface area contributed by atoms with Gasteiger partial charge in [0.1, 0.15) is 6.17 Å². The van der Waals surface area contributed by atoms with E-state index in [1.165, 1.54) is 4.88 Å². The number of anilines is 1. The predicted octanol–water partition coefficient (Wildman–Crippen LogP) is 4.69. The Hall–Kier alpha value is -1.52. The van der Waals surface area contributed by atoms with Gasteiger partial charge >= 0.3 is 0 Å². The maximum atomic E-state index is 12.8. The Bertz CT molecular complexity index is 683. The average Bonchev–Trinajstić information content (AvgIpc) is 2.88. The number of hydrogen-bond acceptors (Lipinski definition) is 3. The molecule has 21 heavy (non-hydrogen) atoms. The van der Waals surface area contributed by atoms with Gasteiger partial charge in [0.15, 0.2) is 0 Å². The van der Waals surface area contributed by atoms with Crippen LogP contribution in [0.2, 0.25) is 5.02 Å². The van der Waals surface area contributed by atoms with Gasteiger partial charge in [0.25, 0.3) is 5.91 Å². The molecular formula is C16H17ClN2OS. The fourth-order valence-electron chi connectivity index (χ4n) is 2.62. The first kappa shape index (κ1) is 14.4. The van der Waals surface area contributed by atoms with Crippen LogP contribution < -0.4 is 5.32 Å². The number of fused-ring (bicyclic) bond motifs is 1. The monoisotopic (exact) mass is 320 g/mol. The summed E-state index contributed by atoms with van der Waals surface area (Å²) in [5.41, 5.74) is 1.51. The maximum absolute atomic E-state index is 12.8. The van der Waals surface area contributed by atoms with Crippen LogP contribution in [0.3, 0.4) is 0 Å². The van der Waals surface area contributed by atoms with Gasteiger partial charge in [0.2, 0.25) is 0 Å². The summed E-state index contributed by atoms with van der Waals surface area (Å²) >= 11 is 7.77. The Balaban J connectivity index is 2.04. The second-order valence-electron chi connectivity index (χ2n) is 5.18. The Kier molecular flexibility index (Phi) is 3.91. The number of nitrogens with zero attached hydrogens (tertiary/aromatic N) is 1. The quantitative estimate of drug-likeness (QED) is 0.890. The first-order valence-electron chi connectivity index (χ1n) is 7.03. The summed E-state index contributed by atoms with van der Waals surface area (Å²) in [6, 6.07) is 9.56. The molecule has 0 fully saturated rings. The molecular weight excluding hydrogens is 304 g/mol. The number of amides is 1. The first-order chi connectivity index (χ1) is 10.1. The largest absolute Gasteiger partial charge is 0.360 e. The van der Waals surface area contributed by atoms with Gasteiger partial charge in [-0.2, -0.15) is 0 Å². The molecule has 0 radical (unpaired) electrons. The van der Waals surface area contributed by atoms with Crippen molar-refractivity contribution < 1.29 is 4.79 Å². The number of carbonyl (C=O) groups excluding carboxylic acids is 1. The van der Waals surface area contributed by atoms with Crippen LogP contribution in [0.15, 0.2) is 30.3 Å².